The van der Waals surface area contributed by atoms with E-state index in [4.69, 9.17) is 0 Å². The minimum atomic E-state index is -3.35. The van der Waals surface area contributed by atoms with Gasteiger partial charge in [-0.25, -0.2) is 8.42 Å². The van der Waals surface area contributed by atoms with Crippen LogP contribution in [0.3, 0.4) is 0 Å². The van der Waals surface area contributed by atoms with Crippen molar-refractivity contribution in [1.29, 1.82) is 0 Å². The Kier molecular flexibility index (Phi) is 4.28. The van der Waals surface area contributed by atoms with Gasteiger partial charge in [0.05, 0.1) is 4.90 Å². The van der Waals surface area contributed by atoms with Crippen LogP contribution >= 0.6 is 0 Å². The van der Waals surface area contributed by atoms with Crippen molar-refractivity contribution in [3.8, 4) is 0 Å². The molecule has 0 aliphatic carbocycles. The molecule has 1 aliphatic rings. The number of aryl methyl sites for hydroxylation is 1. The Morgan fingerprint density at radius 1 is 1.21 bits per heavy atom. The summed E-state index contributed by atoms with van der Waals surface area (Å²) in [4.78, 5) is 2.57. The summed E-state index contributed by atoms with van der Waals surface area (Å²) < 4.78 is 26.8. The van der Waals surface area contributed by atoms with E-state index < -0.39 is 10.0 Å². The summed E-state index contributed by atoms with van der Waals surface area (Å²) in [7, 11) is -1.33. The molecule has 0 spiro atoms. The molecule has 0 aromatic heterocycles. The van der Waals surface area contributed by atoms with E-state index in [2.05, 4.69) is 11.8 Å². The van der Waals surface area contributed by atoms with Crippen LogP contribution < -0.4 is 0 Å². The van der Waals surface area contributed by atoms with Crippen LogP contribution in [0.25, 0.3) is 0 Å². The number of benzene rings is 1. The number of nitrogens with zero attached hydrogens (tertiary/aromatic N) is 2. The van der Waals surface area contributed by atoms with Gasteiger partial charge >= 0.3 is 0 Å². The molecule has 1 unspecified atom stereocenters. The first-order chi connectivity index (χ1) is 8.95. The molecule has 0 saturated carbocycles. The molecule has 0 N–H and O–H groups in total. The van der Waals surface area contributed by atoms with E-state index in [1.165, 1.54) is 0 Å². The van der Waals surface area contributed by atoms with Crippen LogP contribution in [0.1, 0.15) is 19.4 Å². The van der Waals surface area contributed by atoms with Crippen LogP contribution in [0.4, 0.5) is 0 Å². The van der Waals surface area contributed by atoms with Crippen LogP contribution in [0, 0.1) is 0 Å². The van der Waals surface area contributed by atoms with E-state index in [-0.39, 0.29) is 6.04 Å². The van der Waals surface area contributed by atoms with Gasteiger partial charge in [-0.3, -0.25) is 0 Å². The smallest absolute Gasteiger partial charge is 0.243 e. The minimum absolute atomic E-state index is 0.0228. The average Bonchev–Trinajstić information content (AvgIpc) is 2.38. The van der Waals surface area contributed by atoms with Gasteiger partial charge in [0.15, 0.2) is 0 Å². The van der Waals surface area contributed by atoms with Gasteiger partial charge in [-0.2, -0.15) is 4.31 Å². The summed E-state index contributed by atoms with van der Waals surface area (Å²) in [6.07, 6.45) is 0.922. The molecular formula is C14H22N2O2S. The number of piperazine rings is 1. The zero-order valence-electron chi connectivity index (χ0n) is 11.8. The van der Waals surface area contributed by atoms with Crippen LogP contribution in [0.15, 0.2) is 29.2 Å². The van der Waals surface area contributed by atoms with E-state index in [9.17, 15) is 8.42 Å². The second-order valence-electron chi connectivity index (χ2n) is 5.22. The van der Waals surface area contributed by atoms with E-state index >= 15 is 0 Å². The largest absolute Gasteiger partial charge is 0.303 e. The van der Waals surface area contributed by atoms with Crippen molar-refractivity contribution in [2.75, 3.05) is 26.7 Å². The van der Waals surface area contributed by atoms with Crippen molar-refractivity contribution >= 4 is 10.0 Å². The summed E-state index contributed by atoms with van der Waals surface area (Å²) >= 11 is 0. The number of hydrogen-bond acceptors (Lipinski definition) is 3. The molecule has 19 heavy (non-hydrogen) atoms. The Hall–Kier alpha value is -0.910. The van der Waals surface area contributed by atoms with Crippen LogP contribution in [-0.2, 0) is 16.4 Å². The Bertz CT molecular complexity index is 525. The van der Waals surface area contributed by atoms with Gasteiger partial charge in [0.2, 0.25) is 10.0 Å². The molecule has 2 rings (SSSR count). The van der Waals surface area contributed by atoms with Crippen molar-refractivity contribution in [2.24, 2.45) is 0 Å². The highest BCUT2D eigenvalue weighted by atomic mass is 32.2. The summed E-state index contributed by atoms with van der Waals surface area (Å²) in [5, 5.41) is 0. The topological polar surface area (TPSA) is 40.6 Å². The maximum Gasteiger partial charge on any atom is 0.243 e. The molecule has 1 aromatic rings. The van der Waals surface area contributed by atoms with E-state index in [0.717, 1.165) is 25.1 Å². The fourth-order valence-electron chi connectivity index (χ4n) is 2.51. The Labute approximate surface area is 116 Å². The predicted octanol–water partition coefficient (Wildman–Crippen LogP) is 1.57. The highest BCUT2D eigenvalue weighted by molar-refractivity contribution is 7.89. The molecule has 4 nitrogen and oxygen atoms in total. The molecule has 1 aliphatic heterocycles. The zero-order chi connectivity index (χ0) is 14.0. The maximum absolute atomic E-state index is 12.6. The summed E-state index contributed by atoms with van der Waals surface area (Å²) in [6, 6.07) is 7.26. The molecule has 0 bridgehead atoms. The van der Waals surface area contributed by atoms with Crippen molar-refractivity contribution < 1.29 is 8.42 Å². The summed E-state index contributed by atoms with van der Waals surface area (Å²) in [5.74, 6) is 0. The normalized spacial score (nSPS) is 22.6. The lowest BCUT2D eigenvalue weighted by atomic mass is 10.2. The molecule has 5 heteroatoms. The lowest BCUT2D eigenvalue weighted by Crippen LogP contribution is -2.52. The van der Waals surface area contributed by atoms with Gasteiger partial charge in [-0.05, 0) is 38.1 Å². The zero-order valence-corrected chi connectivity index (χ0v) is 12.7. The van der Waals surface area contributed by atoms with Gasteiger partial charge in [0.25, 0.3) is 0 Å². The Balaban J connectivity index is 2.26. The first kappa shape index (κ1) is 14.5. The fraction of sp³-hybridized carbons (Fsp3) is 0.571. The lowest BCUT2D eigenvalue weighted by molar-refractivity contribution is 0.170. The number of rotatable bonds is 3. The van der Waals surface area contributed by atoms with Gasteiger partial charge in [-0.15, -0.1) is 0 Å². The molecule has 1 aromatic carbocycles. The molecule has 0 amide bonds. The third-order valence-electron chi connectivity index (χ3n) is 3.71. The number of hydrogen-bond donors (Lipinski definition) is 0. The molecule has 1 heterocycles. The molecule has 0 radical (unpaired) electrons. The maximum atomic E-state index is 12.6. The van der Waals surface area contributed by atoms with E-state index in [1.807, 2.05) is 26.1 Å². The molecule has 106 valence electrons. The first-order valence-electron chi connectivity index (χ1n) is 6.74. The summed E-state index contributed by atoms with van der Waals surface area (Å²) in [5.41, 5.74) is 1.16. The van der Waals surface area contributed by atoms with Crippen LogP contribution in [-0.4, -0.2) is 50.3 Å². The number of likely N-dealkylation sites (N-methyl/N-ethyl adjacent to an activating group) is 1. The average molecular weight is 282 g/mol. The fourth-order valence-corrected chi connectivity index (χ4v) is 4.13. The van der Waals surface area contributed by atoms with Crippen molar-refractivity contribution in [1.82, 2.24) is 9.21 Å². The first-order valence-corrected chi connectivity index (χ1v) is 8.18. The third kappa shape index (κ3) is 2.99. The minimum Gasteiger partial charge on any atom is -0.303 e. The quantitative estimate of drug-likeness (QED) is 0.845. The van der Waals surface area contributed by atoms with Gasteiger partial charge in [0, 0.05) is 25.7 Å². The molecule has 1 atom stereocenters. The van der Waals surface area contributed by atoms with E-state index in [1.54, 1.807) is 16.4 Å². The van der Waals surface area contributed by atoms with Crippen molar-refractivity contribution in [3.63, 3.8) is 0 Å². The Morgan fingerprint density at radius 3 is 2.37 bits per heavy atom. The second-order valence-corrected chi connectivity index (χ2v) is 7.12. The lowest BCUT2D eigenvalue weighted by Gasteiger charge is -2.37. The Morgan fingerprint density at radius 2 is 1.84 bits per heavy atom. The van der Waals surface area contributed by atoms with Crippen LogP contribution in [0.2, 0.25) is 0 Å². The third-order valence-corrected chi connectivity index (χ3v) is 5.74. The molecule has 1 saturated heterocycles. The van der Waals surface area contributed by atoms with Crippen LogP contribution in [0.5, 0.6) is 0 Å². The standard InChI is InChI=1S/C14H22N2O2S/c1-4-13-5-7-14(8-6-13)19(17,18)16-10-9-15(3)11-12(16)2/h5-8,12H,4,9-11H2,1-3H3. The highest BCUT2D eigenvalue weighted by Crippen LogP contribution is 2.21. The molecular weight excluding hydrogens is 260 g/mol. The molecule has 1 fully saturated rings. The van der Waals surface area contributed by atoms with Gasteiger partial charge in [0.1, 0.15) is 0 Å². The SMILES string of the molecule is CCc1ccc(S(=O)(=O)N2CCN(C)CC2C)cc1. The van der Waals surface area contributed by atoms with Crippen molar-refractivity contribution in [2.45, 2.75) is 31.2 Å². The summed E-state index contributed by atoms with van der Waals surface area (Å²) in [6.45, 7) is 6.16. The van der Waals surface area contributed by atoms with Crippen molar-refractivity contribution in [3.05, 3.63) is 29.8 Å². The number of sulfonamides is 1. The predicted molar refractivity (Wildman–Crippen MR) is 76.7 cm³/mol. The van der Waals surface area contributed by atoms with Gasteiger partial charge in [-0.1, -0.05) is 19.1 Å². The second kappa shape index (κ2) is 5.61. The highest BCUT2D eigenvalue weighted by Gasteiger charge is 2.32. The van der Waals surface area contributed by atoms with Gasteiger partial charge < -0.3 is 4.90 Å². The van der Waals surface area contributed by atoms with E-state index in [0.29, 0.717) is 11.4 Å². The monoisotopic (exact) mass is 282 g/mol.